The van der Waals surface area contributed by atoms with Crippen molar-refractivity contribution in [3.63, 3.8) is 0 Å². The summed E-state index contributed by atoms with van der Waals surface area (Å²) in [5.74, 6) is -0.211. The Balaban J connectivity index is 1.67. The molecule has 4 rings (SSSR count). The van der Waals surface area contributed by atoms with Crippen molar-refractivity contribution in [2.24, 2.45) is 0 Å². The Morgan fingerprint density at radius 1 is 0.852 bits per heavy atom. The molecule has 0 fully saturated rings. The molecule has 134 valence electrons. The summed E-state index contributed by atoms with van der Waals surface area (Å²) in [6.45, 7) is 0. The van der Waals surface area contributed by atoms with Gasteiger partial charge >= 0.3 is 6.01 Å². The van der Waals surface area contributed by atoms with E-state index in [9.17, 15) is 4.39 Å². The molecule has 0 aliphatic heterocycles. The van der Waals surface area contributed by atoms with Crippen molar-refractivity contribution in [3.05, 3.63) is 107 Å². The van der Waals surface area contributed by atoms with Crippen LogP contribution in [0, 0.1) is 5.82 Å². The maximum atomic E-state index is 13.3. The highest BCUT2D eigenvalue weighted by atomic mass is 35.5. The van der Waals surface area contributed by atoms with Crippen LogP contribution in [0.3, 0.4) is 0 Å². The largest absolute Gasteiger partial charge is 0.407 e. The lowest BCUT2D eigenvalue weighted by Crippen LogP contribution is -2.03. The Bertz CT molecular complexity index is 998. The fourth-order valence-corrected chi connectivity index (χ4v) is 3.05. The van der Waals surface area contributed by atoms with E-state index in [1.54, 1.807) is 6.07 Å². The lowest BCUT2D eigenvalue weighted by Gasteiger charge is -2.13. The van der Waals surface area contributed by atoms with E-state index in [4.69, 9.17) is 16.0 Å². The van der Waals surface area contributed by atoms with Crippen LogP contribution < -0.4 is 5.32 Å². The first-order valence-electron chi connectivity index (χ1n) is 8.36. The number of nitrogens with one attached hydrogen (secondary N) is 1. The first-order chi connectivity index (χ1) is 13.2. The topological polar surface area (TPSA) is 51.0 Å². The monoisotopic (exact) mass is 379 g/mol. The van der Waals surface area contributed by atoms with Gasteiger partial charge in [-0.25, -0.2) is 4.39 Å². The summed E-state index contributed by atoms with van der Waals surface area (Å²) in [4.78, 5) is 0. The molecule has 1 aromatic heterocycles. The number of rotatable bonds is 5. The zero-order chi connectivity index (χ0) is 18.6. The van der Waals surface area contributed by atoms with Crippen LogP contribution in [0.1, 0.15) is 22.9 Å². The van der Waals surface area contributed by atoms with Gasteiger partial charge in [0.05, 0.1) is 10.9 Å². The quantitative estimate of drug-likeness (QED) is 0.477. The second-order valence-electron chi connectivity index (χ2n) is 5.95. The van der Waals surface area contributed by atoms with Gasteiger partial charge in [-0.15, -0.1) is 5.10 Å². The van der Waals surface area contributed by atoms with Crippen molar-refractivity contribution in [1.29, 1.82) is 0 Å². The standard InChI is InChI=1S/C21H15ClFN3O/c22-17-13-16(11-12-18(17)23)24-21-26-25-20(27-21)19(14-7-3-1-4-8-14)15-9-5-2-6-10-15/h1-13,19H,(H,24,26). The highest BCUT2D eigenvalue weighted by molar-refractivity contribution is 6.31. The summed E-state index contributed by atoms with van der Waals surface area (Å²) in [6.07, 6.45) is 0. The van der Waals surface area contributed by atoms with Crippen molar-refractivity contribution in [3.8, 4) is 0 Å². The first-order valence-corrected chi connectivity index (χ1v) is 8.74. The molecule has 0 radical (unpaired) electrons. The summed E-state index contributed by atoms with van der Waals surface area (Å²) in [6, 6.07) is 24.4. The number of hydrogen-bond donors (Lipinski definition) is 1. The third-order valence-electron chi connectivity index (χ3n) is 4.12. The van der Waals surface area contributed by atoms with Crippen molar-refractivity contribution in [2.75, 3.05) is 5.32 Å². The van der Waals surface area contributed by atoms with Crippen molar-refractivity contribution in [2.45, 2.75) is 5.92 Å². The van der Waals surface area contributed by atoms with Gasteiger partial charge < -0.3 is 9.73 Å². The van der Waals surface area contributed by atoms with Gasteiger partial charge in [0, 0.05) is 5.69 Å². The highest BCUT2D eigenvalue weighted by Crippen LogP contribution is 2.32. The number of aromatic nitrogens is 2. The van der Waals surface area contributed by atoms with E-state index in [1.807, 2.05) is 60.7 Å². The number of benzene rings is 3. The van der Waals surface area contributed by atoms with Gasteiger partial charge in [0.1, 0.15) is 5.82 Å². The summed E-state index contributed by atoms with van der Waals surface area (Å²) >= 11 is 5.81. The predicted molar refractivity (Wildman–Crippen MR) is 103 cm³/mol. The molecule has 1 N–H and O–H groups in total. The third-order valence-corrected chi connectivity index (χ3v) is 4.41. The van der Waals surface area contributed by atoms with Crippen LogP contribution in [-0.4, -0.2) is 10.2 Å². The van der Waals surface area contributed by atoms with Gasteiger partial charge in [0.2, 0.25) is 5.89 Å². The minimum Gasteiger partial charge on any atom is -0.407 e. The molecule has 1 heterocycles. The molecular weight excluding hydrogens is 365 g/mol. The van der Waals surface area contributed by atoms with Gasteiger partial charge in [-0.1, -0.05) is 77.4 Å². The maximum absolute atomic E-state index is 13.3. The van der Waals surface area contributed by atoms with Crippen molar-refractivity contribution >= 4 is 23.3 Å². The second-order valence-corrected chi connectivity index (χ2v) is 6.36. The number of anilines is 2. The summed E-state index contributed by atoms with van der Waals surface area (Å²) in [7, 11) is 0. The Kier molecular flexibility index (Phi) is 4.85. The molecule has 0 saturated heterocycles. The van der Waals surface area contributed by atoms with Crippen LogP contribution in [0.2, 0.25) is 5.02 Å². The second kappa shape index (κ2) is 7.60. The van der Waals surface area contributed by atoms with E-state index in [0.29, 0.717) is 11.6 Å². The van der Waals surface area contributed by atoms with Gasteiger partial charge in [-0.3, -0.25) is 0 Å². The molecule has 6 heteroatoms. The summed E-state index contributed by atoms with van der Waals surface area (Å²) in [5, 5.41) is 11.3. The van der Waals surface area contributed by atoms with E-state index in [0.717, 1.165) is 11.1 Å². The van der Waals surface area contributed by atoms with Gasteiger partial charge in [0.25, 0.3) is 0 Å². The lowest BCUT2D eigenvalue weighted by atomic mass is 9.91. The Morgan fingerprint density at radius 3 is 2.07 bits per heavy atom. The van der Waals surface area contributed by atoms with Gasteiger partial charge in [0.15, 0.2) is 0 Å². The van der Waals surface area contributed by atoms with E-state index in [-0.39, 0.29) is 17.0 Å². The Hall–Kier alpha value is -3.18. The molecule has 0 unspecified atom stereocenters. The number of nitrogens with zero attached hydrogens (tertiary/aromatic N) is 2. The van der Waals surface area contributed by atoms with Crippen LogP contribution in [0.25, 0.3) is 0 Å². The summed E-state index contributed by atoms with van der Waals surface area (Å²) < 4.78 is 19.2. The normalized spacial score (nSPS) is 10.9. The van der Waals surface area contributed by atoms with E-state index < -0.39 is 5.82 Å². The highest BCUT2D eigenvalue weighted by Gasteiger charge is 2.22. The predicted octanol–water partition coefficient (Wildman–Crippen LogP) is 5.79. The van der Waals surface area contributed by atoms with E-state index >= 15 is 0 Å². The number of hydrogen-bond acceptors (Lipinski definition) is 4. The molecular formula is C21H15ClFN3O. The van der Waals surface area contributed by atoms with Crippen molar-refractivity contribution < 1.29 is 8.81 Å². The van der Waals surface area contributed by atoms with Gasteiger partial charge in [-0.2, -0.15) is 0 Å². The van der Waals surface area contributed by atoms with Crippen LogP contribution in [0.15, 0.2) is 83.3 Å². The SMILES string of the molecule is Fc1ccc(Nc2nnc(C(c3ccccc3)c3ccccc3)o2)cc1Cl. The van der Waals surface area contributed by atoms with Crippen molar-refractivity contribution in [1.82, 2.24) is 10.2 Å². The lowest BCUT2D eigenvalue weighted by molar-refractivity contribution is 0.501. The van der Waals surface area contributed by atoms with Gasteiger partial charge in [-0.05, 0) is 29.3 Å². The molecule has 0 aliphatic rings. The molecule has 0 atom stereocenters. The minimum atomic E-state index is -0.485. The molecule has 3 aromatic carbocycles. The molecule has 0 amide bonds. The molecule has 0 bridgehead atoms. The Labute approximate surface area is 160 Å². The molecule has 27 heavy (non-hydrogen) atoms. The molecule has 4 aromatic rings. The average molecular weight is 380 g/mol. The smallest absolute Gasteiger partial charge is 0.320 e. The van der Waals surface area contributed by atoms with Crippen LogP contribution in [-0.2, 0) is 0 Å². The summed E-state index contributed by atoms with van der Waals surface area (Å²) in [5.41, 5.74) is 2.65. The van der Waals surface area contributed by atoms with E-state index in [1.165, 1.54) is 12.1 Å². The molecule has 0 saturated carbocycles. The third kappa shape index (κ3) is 3.83. The fraction of sp³-hybridized carbons (Fsp3) is 0.0476. The maximum Gasteiger partial charge on any atom is 0.320 e. The van der Waals surface area contributed by atoms with Crippen LogP contribution in [0.5, 0.6) is 0 Å². The first kappa shape index (κ1) is 17.2. The average Bonchev–Trinajstić information content (AvgIpc) is 3.15. The number of halogens is 2. The van der Waals surface area contributed by atoms with Crippen LogP contribution >= 0.6 is 11.6 Å². The van der Waals surface area contributed by atoms with Crippen LogP contribution in [0.4, 0.5) is 16.1 Å². The zero-order valence-electron chi connectivity index (χ0n) is 14.1. The molecule has 0 aliphatic carbocycles. The molecule has 4 nitrogen and oxygen atoms in total. The van der Waals surface area contributed by atoms with E-state index in [2.05, 4.69) is 15.5 Å². The fourth-order valence-electron chi connectivity index (χ4n) is 2.87. The zero-order valence-corrected chi connectivity index (χ0v) is 14.9. The molecule has 0 spiro atoms. The minimum absolute atomic E-state index is 0.0196. The Morgan fingerprint density at radius 2 is 1.48 bits per heavy atom.